The second-order valence-electron chi connectivity index (χ2n) is 8.55. The number of carbonyl (C=O) groups is 2. The van der Waals surface area contributed by atoms with Gasteiger partial charge >= 0.3 is 6.09 Å². The highest BCUT2D eigenvalue weighted by Crippen LogP contribution is 2.19. The number of nitrogens with zero attached hydrogens (tertiary/aromatic N) is 1. The SMILES string of the molecule is CC(C)C[C@H](NC(=O)OC(C)(C)C)C(=O)N=S(N)(=O)c1cccc(C(C)C)c1. The van der Waals surface area contributed by atoms with Gasteiger partial charge in [-0.1, -0.05) is 39.8 Å². The fourth-order valence-corrected chi connectivity index (χ4v) is 3.53. The monoisotopic (exact) mass is 411 g/mol. The van der Waals surface area contributed by atoms with Crippen LogP contribution in [0.5, 0.6) is 0 Å². The van der Waals surface area contributed by atoms with Crippen molar-refractivity contribution in [2.24, 2.45) is 15.4 Å². The van der Waals surface area contributed by atoms with E-state index in [2.05, 4.69) is 9.68 Å². The fourth-order valence-electron chi connectivity index (χ4n) is 2.45. The highest BCUT2D eigenvalue weighted by Gasteiger charge is 2.26. The Labute approximate surface area is 168 Å². The first-order valence-electron chi connectivity index (χ1n) is 9.39. The van der Waals surface area contributed by atoms with Crippen molar-refractivity contribution < 1.29 is 18.5 Å². The van der Waals surface area contributed by atoms with Crippen LogP contribution in [0.25, 0.3) is 0 Å². The van der Waals surface area contributed by atoms with Crippen LogP contribution < -0.4 is 10.5 Å². The number of hydrogen-bond acceptors (Lipinski definition) is 4. The normalized spacial score (nSPS) is 15.1. The van der Waals surface area contributed by atoms with E-state index >= 15 is 0 Å². The number of rotatable bonds is 6. The molecule has 1 rings (SSSR count). The van der Waals surface area contributed by atoms with Gasteiger partial charge in [-0.05, 0) is 56.7 Å². The number of benzene rings is 1. The molecule has 0 saturated heterocycles. The fraction of sp³-hybridized carbons (Fsp3) is 0.600. The molecular weight excluding hydrogens is 378 g/mol. The average molecular weight is 412 g/mol. The van der Waals surface area contributed by atoms with E-state index in [-0.39, 0.29) is 16.7 Å². The molecule has 0 aliphatic carbocycles. The number of nitrogens with two attached hydrogens (primary N) is 1. The molecule has 0 fully saturated rings. The number of alkyl carbamates (subject to hydrolysis) is 1. The summed E-state index contributed by atoms with van der Waals surface area (Å²) in [5.74, 6) is -0.424. The minimum absolute atomic E-state index is 0.0946. The van der Waals surface area contributed by atoms with Crippen LogP contribution in [0.4, 0.5) is 4.79 Å². The molecule has 2 atom stereocenters. The summed E-state index contributed by atoms with van der Waals surface area (Å²) in [6.45, 7) is 13.0. The maximum absolute atomic E-state index is 12.9. The molecule has 7 nitrogen and oxygen atoms in total. The van der Waals surface area contributed by atoms with Crippen molar-refractivity contribution in [3.8, 4) is 0 Å². The predicted molar refractivity (Wildman–Crippen MR) is 111 cm³/mol. The van der Waals surface area contributed by atoms with Gasteiger partial charge in [-0.15, -0.1) is 4.36 Å². The van der Waals surface area contributed by atoms with Crippen LogP contribution >= 0.6 is 0 Å². The molecule has 0 heterocycles. The summed E-state index contributed by atoms with van der Waals surface area (Å²) in [4.78, 5) is 25.1. The Kier molecular flexibility index (Phi) is 8.19. The van der Waals surface area contributed by atoms with Gasteiger partial charge in [0, 0.05) is 0 Å². The number of ether oxygens (including phenoxy) is 1. The van der Waals surface area contributed by atoms with E-state index < -0.39 is 33.6 Å². The van der Waals surface area contributed by atoms with Gasteiger partial charge in [-0.3, -0.25) is 4.79 Å². The van der Waals surface area contributed by atoms with Crippen LogP contribution in [0.15, 0.2) is 33.5 Å². The smallest absolute Gasteiger partial charge is 0.408 e. The molecule has 1 unspecified atom stereocenters. The van der Waals surface area contributed by atoms with Gasteiger partial charge in [0.2, 0.25) is 0 Å². The third-order valence-corrected chi connectivity index (χ3v) is 5.16. The van der Waals surface area contributed by atoms with Crippen LogP contribution in [-0.4, -0.2) is 27.9 Å². The first-order chi connectivity index (χ1) is 12.7. The van der Waals surface area contributed by atoms with E-state index in [1.54, 1.807) is 39.0 Å². The summed E-state index contributed by atoms with van der Waals surface area (Å²) in [5, 5.41) is 8.43. The van der Waals surface area contributed by atoms with Gasteiger partial charge in [0.1, 0.15) is 21.6 Å². The molecular formula is C20H33N3O4S. The Balaban J connectivity index is 3.15. The Morgan fingerprint density at radius 2 is 1.82 bits per heavy atom. The summed E-state index contributed by atoms with van der Waals surface area (Å²) in [6, 6.07) is 5.96. The van der Waals surface area contributed by atoms with E-state index in [4.69, 9.17) is 9.88 Å². The largest absolute Gasteiger partial charge is 0.444 e. The lowest BCUT2D eigenvalue weighted by atomic mass is 10.0. The molecule has 1 aromatic rings. The van der Waals surface area contributed by atoms with Crippen molar-refractivity contribution in [3.05, 3.63) is 29.8 Å². The second-order valence-corrected chi connectivity index (χ2v) is 10.3. The van der Waals surface area contributed by atoms with Gasteiger partial charge in [-0.2, -0.15) is 0 Å². The van der Waals surface area contributed by atoms with E-state index in [9.17, 15) is 13.8 Å². The Morgan fingerprint density at radius 1 is 1.21 bits per heavy atom. The van der Waals surface area contributed by atoms with E-state index in [1.807, 2.05) is 33.8 Å². The minimum atomic E-state index is -3.43. The summed E-state index contributed by atoms with van der Waals surface area (Å²) in [6.07, 6.45) is -0.407. The quantitative estimate of drug-likeness (QED) is 0.737. The molecule has 0 aliphatic rings. The van der Waals surface area contributed by atoms with E-state index in [1.165, 1.54) is 0 Å². The van der Waals surface area contributed by atoms with Crippen molar-refractivity contribution in [2.45, 2.75) is 77.3 Å². The first-order valence-corrected chi connectivity index (χ1v) is 11.0. The van der Waals surface area contributed by atoms with Crippen molar-refractivity contribution in [2.75, 3.05) is 0 Å². The first kappa shape index (κ1) is 24.1. The molecule has 1 aromatic carbocycles. The van der Waals surface area contributed by atoms with Gasteiger partial charge in [0.05, 0.1) is 4.90 Å². The topological polar surface area (TPSA) is 111 Å². The summed E-state index contributed by atoms with van der Waals surface area (Å²) >= 11 is 0. The van der Waals surface area contributed by atoms with E-state index in [0.717, 1.165) is 5.56 Å². The van der Waals surface area contributed by atoms with Crippen LogP contribution in [0.2, 0.25) is 0 Å². The number of amides is 2. The molecule has 0 saturated carbocycles. The number of hydrogen-bond donors (Lipinski definition) is 2. The van der Waals surface area contributed by atoms with Crippen molar-refractivity contribution in [3.63, 3.8) is 0 Å². The lowest BCUT2D eigenvalue weighted by Crippen LogP contribution is -2.44. The van der Waals surface area contributed by atoms with Gasteiger partial charge in [-0.25, -0.2) is 14.1 Å². The summed E-state index contributed by atoms with van der Waals surface area (Å²) in [7, 11) is -3.43. The summed E-state index contributed by atoms with van der Waals surface area (Å²) in [5.41, 5.74) is 0.245. The number of carbonyl (C=O) groups excluding carboxylic acids is 2. The molecule has 28 heavy (non-hydrogen) atoms. The average Bonchev–Trinajstić information content (AvgIpc) is 2.51. The van der Waals surface area contributed by atoms with Gasteiger partial charge < -0.3 is 10.1 Å². The second kappa shape index (κ2) is 9.52. The van der Waals surface area contributed by atoms with Crippen LogP contribution in [0, 0.1) is 5.92 Å². The standard InChI is InChI=1S/C20H33N3O4S/c1-13(2)11-17(22-19(25)27-20(5,6)7)18(24)23-28(21,26)16-10-8-9-15(12-16)14(3)4/h8-10,12-14,17H,11H2,1-7H3,(H,22,25)(H2,21,23,24,26)/t17-,28?/m0/s1. The Morgan fingerprint density at radius 3 is 2.32 bits per heavy atom. The maximum atomic E-state index is 12.9. The lowest BCUT2D eigenvalue weighted by Gasteiger charge is -2.23. The van der Waals surface area contributed by atoms with Crippen molar-refractivity contribution in [1.29, 1.82) is 0 Å². The zero-order chi connectivity index (χ0) is 21.7. The highest BCUT2D eigenvalue weighted by molar-refractivity contribution is 7.91. The van der Waals surface area contributed by atoms with Crippen LogP contribution in [0.3, 0.4) is 0 Å². The molecule has 0 radical (unpaired) electrons. The maximum Gasteiger partial charge on any atom is 0.408 e. The lowest BCUT2D eigenvalue weighted by molar-refractivity contribution is -0.120. The van der Waals surface area contributed by atoms with Crippen LogP contribution in [-0.2, 0) is 19.4 Å². The molecule has 3 N–H and O–H groups in total. The molecule has 158 valence electrons. The Bertz CT molecular complexity index is 819. The zero-order valence-corrected chi connectivity index (χ0v) is 18.6. The highest BCUT2D eigenvalue weighted by atomic mass is 32.2. The molecule has 0 bridgehead atoms. The van der Waals surface area contributed by atoms with Gasteiger partial charge in [0.15, 0.2) is 0 Å². The zero-order valence-electron chi connectivity index (χ0n) is 17.8. The third-order valence-electron chi connectivity index (χ3n) is 3.78. The van der Waals surface area contributed by atoms with Crippen LogP contribution in [0.1, 0.15) is 66.4 Å². The van der Waals surface area contributed by atoms with Gasteiger partial charge in [0.25, 0.3) is 5.91 Å². The molecule has 8 heteroatoms. The molecule has 0 spiro atoms. The van der Waals surface area contributed by atoms with Crippen molar-refractivity contribution >= 4 is 21.9 Å². The molecule has 2 amide bonds. The van der Waals surface area contributed by atoms with E-state index in [0.29, 0.717) is 6.42 Å². The van der Waals surface area contributed by atoms with Crippen molar-refractivity contribution in [1.82, 2.24) is 5.32 Å². The predicted octanol–water partition coefficient (Wildman–Crippen LogP) is 3.98. The molecule has 0 aromatic heterocycles. The number of nitrogens with one attached hydrogen (secondary N) is 1. The Hall–Kier alpha value is -1.93. The third kappa shape index (κ3) is 7.98. The molecule has 0 aliphatic heterocycles. The summed E-state index contributed by atoms with van der Waals surface area (Å²) < 4.78 is 21.9. The minimum Gasteiger partial charge on any atom is -0.444 e.